The molecule has 5 nitrogen and oxygen atoms in total. The zero-order chi connectivity index (χ0) is 18.4. The van der Waals surface area contributed by atoms with Crippen LogP contribution in [0.2, 0.25) is 0 Å². The molecule has 0 aliphatic carbocycles. The molecule has 0 saturated carbocycles. The quantitative estimate of drug-likeness (QED) is 0.490. The summed E-state index contributed by atoms with van der Waals surface area (Å²) in [5.41, 5.74) is 5.62. The molecule has 3 aromatic carbocycles. The molecule has 0 aliphatic heterocycles. The topological polar surface area (TPSA) is 70.9 Å². The highest BCUT2D eigenvalue weighted by Crippen LogP contribution is 2.24. The Morgan fingerprint density at radius 1 is 1.04 bits per heavy atom. The molecule has 0 atom stereocenters. The molecule has 3 aromatic rings. The van der Waals surface area contributed by atoms with Gasteiger partial charge in [0.1, 0.15) is 11.5 Å². The Hall–Kier alpha value is -3.60. The van der Waals surface area contributed by atoms with E-state index in [4.69, 9.17) is 9.84 Å². The van der Waals surface area contributed by atoms with E-state index in [1.54, 1.807) is 18.3 Å². The molecular formula is C21H18N2O3. The second-order valence-corrected chi connectivity index (χ2v) is 5.69. The Labute approximate surface area is 151 Å². The zero-order valence-electron chi connectivity index (χ0n) is 14.2. The fraction of sp³-hybridized carbons (Fsp3) is 0.0476. The van der Waals surface area contributed by atoms with Crippen LogP contribution >= 0.6 is 0 Å². The molecule has 0 heterocycles. The van der Waals surface area contributed by atoms with Gasteiger partial charge in [-0.15, -0.1) is 0 Å². The smallest absolute Gasteiger partial charge is 0.335 e. The van der Waals surface area contributed by atoms with E-state index in [-0.39, 0.29) is 5.56 Å². The van der Waals surface area contributed by atoms with E-state index in [0.29, 0.717) is 5.69 Å². The van der Waals surface area contributed by atoms with Crippen molar-refractivity contribution in [2.24, 2.45) is 5.10 Å². The van der Waals surface area contributed by atoms with Gasteiger partial charge in [-0.1, -0.05) is 24.3 Å². The normalized spacial score (nSPS) is 10.7. The molecule has 0 fully saturated rings. The maximum absolute atomic E-state index is 11.0. The first kappa shape index (κ1) is 17.2. The van der Waals surface area contributed by atoms with Crippen LogP contribution in [-0.4, -0.2) is 17.3 Å². The monoisotopic (exact) mass is 346 g/mol. The highest BCUT2D eigenvalue weighted by atomic mass is 16.5. The Morgan fingerprint density at radius 3 is 2.54 bits per heavy atom. The van der Waals surface area contributed by atoms with Crippen LogP contribution in [0.5, 0.6) is 11.5 Å². The molecule has 2 N–H and O–H groups in total. The van der Waals surface area contributed by atoms with Crippen molar-refractivity contribution in [1.82, 2.24) is 0 Å². The van der Waals surface area contributed by atoms with Gasteiger partial charge in [0, 0.05) is 0 Å². The van der Waals surface area contributed by atoms with Crippen LogP contribution in [-0.2, 0) is 0 Å². The van der Waals surface area contributed by atoms with Crippen LogP contribution in [0.25, 0.3) is 0 Å². The lowest BCUT2D eigenvalue weighted by atomic mass is 10.2. The first-order valence-electron chi connectivity index (χ1n) is 8.08. The Morgan fingerprint density at radius 2 is 1.81 bits per heavy atom. The Bertz CT molecular complexity index is 934. The van der Waals surface area contributed by atoms with Gasteiger partial charge in [-0.3, -0.25) is 5.43 Å². The maximum Gasteiger partial charge on any atom is 0.335 e. The minimum absolute atomic E-state index is 0.211. The second-order valence-electron chi connectivity index (χ2n) is 5.69. The summed E-state index contributed by atoms with van der Waals surface area (Å²) in [6.45, 7) is 2.00. The number of carboxylic acids is 1. The van der Waals surface area contributed by atoms with Gasteiger partial charge in [0.25, 0.3) is 0 Å². The average molecular weight is 346 g/mol. The third kappa shape index (κ3) is 4.48. The van der Waals surface area contributed by atoms with Crippen molar-refractivity contribution in [3.63, 3.8) is 0 Å². The fourth-order valence-electron chi connectivity index (χ4n) is 2.32. The largest absolute Gasteiger partial charge is 0.478 e. The van der Waals surface area contributed by atoms with Crippen molar-refractivity contribution in [2.45, 2.75) is 6.92 Å². The third-order valence-electron chi connectivity index (χ3n) is 3.72. The number of nitrogens with zero attached hydrogens (tertiary/aromatic N) is 1. The van der Waals surface area contributed by atoms with Crippen LogP contribution in [0.4, 0.5) is 5.69 Å². The minimum Gasteiger partial charge on any atom is -0.478 e. The lowest BCUT2D eigenvalue weighted by molar-refractivity contribution is 0.0697. The number of carbonyl (C=O) groups is 1. The number of rotatable bonds is 6. The Kier molecular flexibility index (Phi) is 5.29. The number of anilines is 1. The number of para-hydroxylation sites is 1. The summed E-state index contributed by atoms with van der Waals surface area (Å²) < 4.78 is 5.86. The summed E-state index contributed by atoms with van der Waals surface area (Å²) in [5, 5.41) is 13.1. The number of ether oxygens (including phenoxy) is 1. The van der Waals surface area contributed by atoms with Crippen LogP contribution < -0.4 is 10.2 Å². The number of benzene rings is 3. The van der Waals surface area contributed by atoms with E-state index >= 15 is 0 Å². The van der Waals surface area contributed by atoms with Crippen molar-refractivity contribution in [2.75, 3.05) is 5.43 Å². The summed E-state index contributed by atoms with van der Waals surface area (Å²) in [6, 6.07) is 21.9. The lowest BCUT2D eigenvalue weighted by Gasteiger charge is -2.08. The van der Waals surface area contributed by atoms with Crippen LogP contribution in [0.15, 0.2) is 77.9 Å². The van der Waals surface area contributed by atoms with Crippen molar-refractivity contribution in [3.05, 3.63) is 89.5 Å². The zero-order valence-corrected chi connectivity index (χ0v) is 14.2. The van der Waals surface area contributed by atoms with Gasteiger partial charge in [-0.25, -0.2) is 4.79 Å². The molecule has 26 heavy (non-hydrogen) atoms. The van der Waals surface area contributed by atoms with Crippen molar-refractivity contribution >= 4 is 17.9 Å². The van der Waals surface area contributed by atoms with E-state index in [1.807, 2.05) is 55.5 Å². The van der Waals surface area contributed by atoms with E-state index in [2.05, 4.69) is 10.5 Å². The van der Waals surface area contributed by atoms with E-state index < -0.39 is 5.97 Å². The van der Waals surface area contributed by atoms with E-state index in [1.165, 1.54) is 12.1 Å². The molecule has 5 heteroatoms. The van der Waals surface area contributed by atoms with Gasteiger partial charge >= 0.3 is 5.97 Å². The molecule has 0 amide bonds. The standard InChI is InChI=1S/C21H18N2O3/c1-15-5-2-3-8-20(15)26-19-11-9-16(10-12-19)14-22-23-18-7-4-6-17(13-18)21(24)25/h2-14,23H,1H3,(H,24,25). The van der Waals surface area contributed by atoms with Gasteiger partial charge in [-0.2, -0.15) is 5.10 Å². The van der Waals surface area contributed by atoms with Crippen molar-refractivity contribution < 1.29 is 14.6 Å². The van der Waals surface area contributed by atoms with E-state index in [0.717, 1.165) is 22.6 Å². The van der Waals surface area contributed by atoms with Crippen LogP contribution in [0.3, 0.4) is 0 Å². The SMILES string of the molecule is Cc1ccccc1Oc1ccc(C=NNc2cccc(C(=O)O)c2)cc1. The molecule has 0 bridgehead atoms. The van der Waals surface area contributed by atoms with Gasteiger partial charge in [-0.05, 0) is 66.6 Å². The second kappa shape index (κ2) is 7.98. The number of nitrogens with one attached hydrogen (secondary N) is 1. The summed E-state index contributed by atoms with van der Waals surface area (Å²) in [5.74, 6) is 0.606. The predicted molar refractivity (Wildman–Crippen MR) is 102 cm³/mol. The first-order valence-corrected chi connectivity index (χ1v) is 8.08. The van der Waals surface area contributed by atoms with Gasteiger partial charge in [0.2, 0.25) is 0 Å². The molecule has 3 rings (SSSR count). The molecular weight excluding hydrogens is 328 g/mol. The number of carboxylic acid groups (broad SMARTS) is 1. The number of aryl methyl sites for hydroxylation is 1. The molecule has 0 aromatic heterocycles. The lowest BCUT2D eigenvalue weighted by Crippen LogP contribution is -1.97. The first-order chi connectivity index (χ1) is 12.6. The van der Waals surface area contributed by atoms with Crippen LogP contribution in [0, 0.1) is 6.92 Å². The molecule has 0 unspecified atom stereocenters. The van der Waals surface area contributed by atoms with Crippen molar-refractivity contribution in [1.29, 1.82) is 0 Å². The maximum atomic E-state index is 11.0. The van der Waals surface area contributed by atoms with Gasteiger partial charge in [0.15, 0.2) is 0 Å². The van der Waals surface area contributed by atoms with Crippen molar-refractivity contribution in [3.8, 4) is 11.5 Å². The molecule has 0 aliphatic rings. The molecule has 0 saturated heterocycles. The Balaban J connectivity index is 1.62. The third-order valence-corrected chi connectivity index (χ3v) is 3.72. The minimum atomic E-state index is -0.970. The molecule has 130 valence electrons. The van der Waals surface area contributed by atoms with Gasteiger partial charge in [0.05, 0.1) is 17.5 Å². The summed E-state index contributed by atoms with van der Waals surface area (Å²) in [4.78, 5) is 11.0. The number of hydrogen-bond acceptors (Lipinski definition) is 4. The summed E-state index contributed by atoms with van der Waals surface area (Å²) in [6.07, 6.45) is 1.66. The molecule has 0 spiro atoms. The predicted octanol–water partition coefficient (Wildman–Crippen LogP) is 4.93. The summed E-state index contributed by atoms with van der Waals surface area (Å²) >= 11 is 0. The summed E-state index contributed by atoms with van der Waals surface area (Å²) in [7, 11) is 0. The highest BCUT2D eigenvalue weighted by Gasteiger charge is 2.02. The average Bonchev–Trinajstić information content (AvgIpc) is 2.65. The fourth-order valence-corrected chi connectivity index (χ4v) is 2.32. The number of hydrogen-bond donors (Lipinski definition) is 2. The van der Waals surface area contributed by atoms with Gasteiger partial charge < -0.3 is 9.84 Å². The number of hydrazone groups is 1. The number of aromatic carboxylic acids is 1. The van der Waals surface area contributed by atoms with Crippen LogP contribution in [0.1, 0.15) is 21.5 Å². The molecule has 0 radical (unpaired) electrons. The highest BCUT2D eigenvalue weighted by molar-refractivity contribution is 5.88. The van der Waals surface area contributed by atoms with E-state index in [9.17, 15) is 4.79 Å².